The third kappa shape index (κ3) is 3.05. The zero-order valence-corrected chi connectivity index (χ0v) is 16.2. The Hall–Kier alpha value is -2.90. The van der Waals surface area contributed by atoms with Crippen LogP contribution in [0.2, 0.25) is 0 Å². The molecular weight excluding hydrogens is 347 g/mol. The molecule has 1 aromatic carbocycles. The quantitative estimate of drug-likeness (QED) is 0.861. The van der Waals surface area contributed by atoms with E-state index in [9.17, 15) is 9.18 Å². The van der Waals surface area contributed by atoms with Crippen molar-refractivity contribution in [3.63, 3.8) is 0 Å². The lowest BCUT2D eigenvalue weighted by Gasteiger charge is -2.46. The second kappa shape index (κ2) is 6.37. The molecular formula is C19H25FN6O. The minimum atomic E-state index is -1.13. The van der Waals surface area contributed by atoms with Crippen molar-refractivity contribution in [2.24, 2.45) is 23.2 Å². The molecule has 1 amide bonds. The van der Waals surface area contributed by atoms with Crippen molar-refractivity contribution in [3.8, 4) is 0 Å². The molecule has 0 saturated carbocycles. The molecule has 2 heterocycles. The molecule has 0 saturated heterocycles. The van der Waals surface area contributed by atoms with Crippen molar-refractivity contribution in [3.05, 3.63) is 47.5 Å². The number of anilines is 1. The van der Waals surface area contributed by atoms with E-state index in [2.05, 4.69) is 15.4 Å². The summed E-state index contributed by atoms with van der Waals surface area (Å²) < 4.78 is 16.5. The topological polar surface area (TPSA) is 88.5 Å². The number of aryl methyl sites for hydroxylation is 1. The van der Waals surface area contributed by atoms with Gasteiger partial charge in [0.15, 0.2) is 5.96 Å². The first kappa shape index (κ1) is 18.9. The number of guanidine groups is 1. The Morgan fingerprint density at radius 3 is 2.56 bits per heavy atom. The van der Waals surface area contributed by atoms with Crippen LogP contribution in [-0.2, 0) is 23.9 Å². The van der Waals surface area contributed by atoms with Crippen molar-refractivity contribution in [1.29, 1.82) is 0 Å². The molecule has 1 aliphatic heterocycles. The first-order valence-electron chi connectivity index (χ1n) is 8.72. The molecule has 3 N–H and O–H groups in total. The number of nitrogens with zero attached hydrogens (tertiary/aromatic N) is 4. The predicted molar refractivity (Wildman–Crippen MR) is 102 cm³/mol. The largest absolute Gasteiger partial charge is 0.379 e. The lowest BCUT2D eigenvalue weighted by atomic mass is 9.67. The molecule has 144 valence electrons. The molecule has 0 aliphatic carbocycles. The van der Waals surface area contributed by atoms with E-state index in [1.165, 1.54) is 11.0 Å². The van der Waals surface area contributed by atoms with Gasteiger partial charge in [-0.05, 0) is 45.0 Å². The van der Waals surface area contributed by atoms with Crippen LogP contribution in [0.5, 0.6) is 0 Å². The minimum absolute atomic E-state index is 0.0769. The van der Waals surface area contributed by atoms with Crippen LogP contribution in [0.25, 0.3) is 0 Å². The molecule has 0 bridgehead atoms. The summed E-state index contributed by atoms with van der Waals surface area (Å²) in [5.41, 5.74) is 5.74. The minimum Gasteiger partial charge on any atom is -0.379 e. The lowest BCUT2D eigenvalue weighted by molar-refractivity contribution is -0.140. The fourth-order valence-electron chi connectivity index (χ4n) is 3.33. The average Bonchev–Trinajstić information content (AvgIpc) is 3.03. The first-order chi connectivity index (χ1) is 12.6. The number of carbonyl (C=O) groups is 1. The number of aliphatic imine (C=N–C) groups is 1. The molecule has 0 radical (unpaired) electrons. The predicted octanol–water partition coefficient (Wildman–Crippen LogP) is 2.20. The van der Waals surface area contributed by atoms with Crippen LogP contribution in [0.4, 0.5) is 10.1 Å². The number of amides is 1. The van der Waals surface area contributed by atoms with Gasteiger partial charge in [0.2, 0.25) is 5.91 Å². The molecule has 7 nitrogen and oxygen atoms in total. The lowest BCUT2D eigenvalue weighted by Crippen LogP contribution is -2.58. The maximum Gasteiger partial charge on any atom is 0.237 e. The summed E-state index contributed by atoms with van der Waals surface area (Å²) in [7, 11) is 3.42. The zero-order chi connectivity index (χ0) is 20.0. The average molecular weight is 372 g/mol. The van der Waals surface area contributed by atoms with Crippen molar-refractivity contribution in [2.45, 2.75) is 32.9 Å². The molecule has 3 rings (SSSR count). The summed E-state index contributed by atoms with van der Waals surface area (Å²) in [6.07, 6.45) is 1.86. The van der Waals surface area contributed by atoms with Gasteiger partial charge in [0.05, 0.1) is 17.7 Å². The number of aromatic nitrogens is 2. The standard InChI is InChI=1S/C19H25FN6O/c1-18(2)16(27)26(5)17(21)23-19(18,3)14-10-12(6-7-15(14)20)22-11-13-8-9-25(4)24-13/h6-10,22H,11H2,1-5H3,(H2,21,23). The van der Waals surface area contributed by atoms with Gasteiger partial charge in [-0.2, -0.15) is 5.10 Å². The molecule has 8 heteroatoms. The maximum absolute atomic E-state index is 14.8. The van der Waals surface area contributed by atoms with Crippen LogP contribution in [0.3, 0.4) is 0 Å². The Labute approximate surface area is 158 Å². The molecule has 0 spiro atoms. The fourth-order valence-corrected chi connectivity index (χ4v) is 3.33. The highest BCUT2D eigenvalue weighted by Crippen LogP contribution is 2.47. The van der Waals surface area contributed by atoms with Crippen LogP contribution in [-0.4, -0.2) is 33.6 Å². The van der Waals surface area contributed by atoms with Crippen LogP contribution in [0.1, 0.15) is 32.0 Å². The van der Waals surface area contributed by atoms with Gasteiger partial charge in [-0.25, -0.2) is 9.38 Å². The first-order valence-corrected chi connectivity index (χ1v) is 8.72. The molecule has 27 heavy (non-hydrogen) atoms. The highest BCUT2D eigenvalue weighted by Gasteiger charge is 2.53. The smallest absolute Gasteiger partial charge is 0.237 e. The van der Waals surface area contributed by atoms with E-state index in [1.54, 1.807) is 44.6 Å². The summed E-state index contributed by atoms with van der Waals surface area (Å²) >= 11 is 0. The van der Waals surface area contributed by atoms with Crippen LogP contribution in [0.15, 0.2) is 35.5 Å². The second-order valence-electron chi connectivity index (χ2n) is 7.56. The number of nitrogens with one attached hydrogen (secondary N) is 1. The number of hydrogen-bond donors (Lipinski definition) is 2. The van der Waals surface area contributed by atoms with Gasteiger partial charge in [-0.3, -0.25) is 14.4 Å². The third-order valence-electron chi connectivity index (χ3n) is 5.47. The van der Waals surface area contributed by atoms with E-state index in [-0.39, 0.29) is 11.9 Å². The number of hydrogen-bond acceptors (Lipinski definition) is 5. The Morgan fingerprint density at radius 1 is 1.22 bits per heavy atom. The van der Waals surface area contributed by atoms with E-state index < -0.39 is 16.8 Å². The Bertz CT molecular complexity index is 919. The number of nitrogens with two attached hydrogens (primary N) is 1. The Kier molecular flexibility index (Phi) is 4.45. The Morgan fingerprint density at radius 2 is 1.93 bits per heavy atom. The van der Waals surface area contributed by atoms with E-state index in [1.807, 2.05) is 19.3 Å². The molecule has 1 aliphatic rings. The van der Waals surface area contributed by atoms with E-state index in [4.69, 9.17) is 5.73 Å². The zero-order valence-electron chi connectivity index (χ0n) is 16.2. The normalized spacial score (nSPS) is 21.9. The van der Waals surface area contributed by atoms with E-state index in [0.717, 1.165) is 5.69 Å². The molecule has 0 fully saturated rings. The molecule has 1 unspecified atom stereocenters. The fraction of sp³-hybridized carbons (Fsp3) is 0.421. The van der Waals surface area contributed by atoms with Gasteiger partial charge in [0.25, 0.3) is 0 Å². The van der Waals surface area contributed by atoms with E-state index >= 15 is 0 Å². The second-order valence-corrected chi connectivity index (χ2v) is 7.56. The van der Waals surface area contributed by atoms with Gasteiger partial charge in [-0.1, -0.05) is 0 Å². The van der Waals surface area contributed by atoms with Crippen molar-refractivity contribution >= 4 is 17.6 Å². The van der Waals surface area contributed by atoms with Crippen LogP contribution < -0.4 is 11.1 Å². The molecule has 1 atom stereocenters. The number of halogens is 1. The summed E-state index contributed by atoms with van der Waals surface area (Å²) in [5, 5.41) is 7.55. The summed E-state index contributed by atoms with van der Waals surface area (Å²) in [5.74, 6) is -0.556. The van der Waals surface area contributed by atoms with Crippen LogP contribution in [0, 0.1) is 11.2 Å². The molecule has 1 aromatic heterocycles. The number of rotatable bonds is 4. The summed E-state index contributed by atoms with van der Waals surface area (Å²) in [6.45, 7) is 5.76. The SMILES string of the molecule is CN1C(=O)C(C)(C)C(C)(c2cc(NCc3ccn(C)n3)ccc2F)N=C1N. The third-order valence-corrected chi connectivity index (χ3v) is 5.47. The molecule has 2 aromatic rings. The van der Waals surface area contributed by atoms with Crippen molar-refractivity contribution in [2.75, 3.05) is 12.4 Å². The summed E-state index contributed by atoms with van der Waals surface area (Å²) in [6, 6.07) is 6.63. The Balaban J connectivity index is 1.99. The monoisotopic (exact) mass is 372 g/mol. The highest BCUT2D eigenvalue weighted by atomic mass is 19.1. The summed E-state index contributed by atoms with van der Waals surface area (Å²) in [4.78, 5) is 18.6. The van der Waals surface area contributed by atoms with Gasteiger partial charge >= 0.3 is 0 Å². The van der Waals surface area contributed by atoms with Crippen molar-refractivity contribution in [1.82, 2.24) is 14.7 Å². The van der Waals surface area contributed by atoms with Gasteiger partial charge < -0.3 is 11.1 Å². The van der Waals surface area contributed by atoms with Gasteiger partial charge in [-0.15, -0.1) is 0 Å². The number of carbonyl (C=O) groups excluding carboxylic acids is 1. The number of benzene rings is 1. The van der Waals surface area contributed by atoms with Gasteiger partial charge in [0.1, 0.15) is 11.4 Å². The van der Waals surface area contributed by atoms with Gasteiger partial charge in [0, 0.05) is 31.5 Å². The van der Waals surface area contributed by atoms with E-state index in [0.29, 0.717) is 17.8 Å². The highest BCUT2D eigenvalue weighted by molar-refractivity contribution is 6.01. The van der Waals surface area contributed by atoms with Crippen molar-refractivity contribution < 1.29 is 9.18 Å². The van der Waals surface area contributed by atoms with Crippen LogP contribution >= 0.6 is 0 Å². The maximum atomic E-state index is 14.8.